The third-order valence-electron chi connectivity index (χ3n) is 2.80. The van der Waals surface area contributed by atoms with Crippen LogP contribution in [0.1, 0.15) is 25.7 Å². The Morgan fingerprint density at radius 3 is 2.81 bits per heavy atom. The minimum atomic E-state index is 0.0176. The van der Waals surface area contributed by atoms with Gasteiger partial charge < -0.3 is 15.2 Å². The second-order valence-electron chi connectivity index (χ2n) is 4.08. The van der Waals surface area contributed by atoms with Gasteiger partial charge in [0, 0.05) is 12.1 Å². The van der Waals surface area contributed by atoms with Crippen molar-refractivity contribution >= 4 is 5.69 Å². The number of aliphatic hydroxyl groups excluding tert-OH is 1. The van der Waals surface area contributed by atoms with Crippen molar-refractivity contribution in [2.24, 2.45) is 0 Å². The lowest BCUT2D eigenvalue weighted by molar-refractivity contribution is 0.196. The summed E-state index contributed by atoms with van der Waals surface area (Å²) in [6, 6.07) is 4.40. The fourth-order valence-corrected chi connectivity index (χ4v) is 2.01. The first-order valence-corrected chi connectivity index (χ1v) is 5.85. The highest BCUT2D eigenvalue weighted by atomic mass is 16.5. The molecule has 1 aromatic heterocycles. The number of hydrogen-bond acceptors (Lipinski definition) is 4. The Balaban J connectivity index is 1.86. The van der Waals surface area contributed by atoms with E-state index in [1.54, 1.807) is 6.20 Å². The Bertz CT molecular complexity index is 307. The highest BCUT2D eigenvalue weighted by Gasteiger charge is 2.14. The molecule has 0 aromatic carbocycles. The molecule has 0 amide bonds. The van der Waals surface area contributed by atoms with Crippen molar-refractivity contribution in [3.8, 4) is 5.88 Å². The fourth-order valence-electron chi connectivity index (χ4n) is 2.01. The molecule has 16 heavy (non-hydrogen) atoms. The van der Waals surface area contributed by atoms with Gasteiger partial charge in [-0.1, -0.05) is 12.8 Å². The van der Waals surface area contributed by atoms with Crippen molar-refractivity contribution in [2.45, 2.75) is 31.7 Å². The summed E-state index contributed by atoms with van der Waals surface area (Å²) in [6.45, 7) is 0.312. The predicted molar refractivity (Wildman–Crippen MR) is 62.7 cm³/mol. The molecule has 0 bridgehead atoms. The number of nitrogens with one attached hydrogen (secondary N) is 1. The average molecular weight is 222 g/mol. The Labute approximate surface area is 95.7 Å². The molecule has 88 valence electrons. The van der Waals surface area contributed by atoms with E-state index in [1.165, 1.54) is 25.7 Å². The minimum Gasteiger partial charge on any atom is -0.475 e. The summed E-state index contributed by atoms with van der Waals surface area (Å²) in [4.78, 5) is 4.16. The number of ether oxygens (including phenoxy) is 1. The molecule has 2 N–H and O–H groups in total. The summed E-state index contributed by atoms with van der Waals surface area (Å²) in [6.07, 6.45) is 6.93. The summed E-state index contributed by atoms with van der Waals surface area (Å²) < 4.78 is 5.19. The van der Waals surface area contributed by atoms with E-state index in [4.69, 9.17) is 9.84 Å². The molecule has 1 aliphatic carbocycles. The maximum atomic E-state index is 8.61. The number of hydrogen-bond donors (Lipinski definition) is 2. The standard InChI is InChI=1S/C12H18N2O2/c15-7-8-16-12-6-5-11(9-13-12)14-10-3-1-2-4-10/h5-6,9-10,14-15H,1-4,7-8H2. The summed E-state index contributed by atoms with van der Waals surface area (Å²) in [5, 5.41) is 12.1. The molecule has 0 spiro atoms. The molecule has 4 nitrogen and oxygen atoms in total. The van der Waals surface area contributed by atoms with Gasteiger partial charge in [0.2, 0.25) is 5.88 Å². The lowest BCUT2D eigenvalue weighted by Gasteiger charge is -2.13. The van der Waals surface area contributed by atoms with Gasteiger partial charge in [0.15, 0.2) is 0 Å². The third kappa shape index (κ3) is 3.10. The van der Waals surface area contributed by atoms with Gasteiger partial charge in [-0.3, -0.25) is 0 Å². The Morgan fingerprint density at radius 2 is 2.19 bits per heavy atom. The van der Waals surface area contributed by atoms with Crippen molar-refractivity contribution in [3.05, 3.63) is 18.3 Å². The molecular weight excluding hydrogens is 204 g/mol. The van der Waals surface area contributed by atoms with Gasteiger partial charge in [-0.05, 0) is 18.9 Å². The van der Waals surface area contributed by atoms with E-state index in [0.717, 1.165) is 5.69 Å². The van der Waals surface area contributed by atoms with E-state index < -0.39 is 0 Å². The number of aliphatic hydroxyl groups is 1. The van der Waals surface area contributed by atoms with Crippen molar-refractivity contribution in [1.82, 2.24) is 4.98 Å². The molecule has 1 saturated carbocycles. The van der Waals surface area contributed by atoms with Crippen LogP contribution in [0.4, 0.5) is 5.69 Å². The molecule has 2 rings (SSSR count). The summed E-state index contributed by atoms with van der Waals surface area (Å²) in [5.41, 5.74) is 1.04. The summed E-state index contributed by atoms with van der Waals surface area (Å²) >= 11 is 0. The van der Waals surface area contributed by atoms with Gasteiger partial charge in [0.1, 0.15) is 6.61 Å². The van der Waals surface area contributed by atoms with Crippen LogP contribution in [0.5, 0.6) is 5.88 Å². The highest BCUT2D eigenvalue weighted by molar-refractivity contribution is 5.43. The topological polar surface area (TPSA) is 54.4 Å². The maximum absolute atomic E-state index is 8.61. The van der Waals surface area contributed by atoms with Gasteiger partial charge >= 0.3 is 0 Å². The second-order valence-corrected chi connectivity index (χ2v) is 4.08. The number of anilines is 1. The molecule has 1 heterocycles. The first-order valence-electron chi connectivity index (χ1n) is 5.85. The second kappa shape index (κ2) is 5.70. The fraction of sp³-hybridized carbons (Fsp3) is 0.583. The molecule has 0 radical (unpaired) electrons. The molecule has 0 atom stereocenters. The average Bonchev–Trinajstić information content (AvgIpc) is 2.81. The first kappa shape index (κ1) is 11.2. The molecule has 0 saturated heterocycles. The van der Waals surface area contributed by atoms with E-state index in [1.807, 2.05) is 12.1 Å². The van der Waals surface area contributed by atoms with Gasteiger partial charge in [0.05, 0.1) is 18.5 Å². The lowest BCUT2D eigenvalue weighted by atomic mass is 10.2. The summed E-state index contributed by atoms with van der Waals surface area (Å²) in [7, 11) is 0. The normalized spacial score (nSPS) is 16.3. The zero-order valence-electron chi connectivity index (χ0n) is 9.35. The molecular formula is C12H18N2O2. The third-order valence-corrected chi connectivity index (χ3v) is 2.80. The lowest BCUT2D eigenvalue weighted by Crippen LogP contribution is -2.14. The monoisotopic (exact) mass is 222 g/mol. The minimum absolute atomic E-state index is 0.0176. The van der Waals surface area contributed by atoms with E-state index in [-0.39, 0.29) is 6.61 Å². The molecule has 1 aromatic rings. The molecule has 1 aliphatic rings. The number of aromatic nitrogens is 1. The van der Waals surface area contributed by atoms with Crippen LogP contribution in [0.3, 0.4) is 0 Å². The smallest absolute Gasteiger partial charge is 0.213 e. The van der Waals surface area contributed by atoms with Crippen LogP contribution in [-0.2, 0) is 0 Å². The van der Waals surface area contributed by atoms with Crippen LogP contribution in [0, 0.1) is 0 Å². The van der Waals surface area contributed by atoms with Crippen LogP contribution >= 0.6 is 0 Å². The van der Waals surface area contributed by atoms with E-state index in [0.29, 0.717) is 18.5 Å². The van der Waals surface area contributed by atoms with Gasteiger partial charge in [-0.15, -0.1) is 0 Å². The van der Waals surface area contributed by atoms with Gasteiger partial charge in [0.25, 0.3) is 0 Å². The largest absolute Gasteiger partial charge is 0.475 e. The first-order chi connectivity index (χ1) is 7.88. The van der Waals surface area contributed by atoms with Crippen molar-refractivity contribution in [3.63, 3.8) is 0 Å². The van der Waals surface area contributed by atoms with E-state index in [9.17, 15) is 0 Å². The SMILES string of the molecule is OCCOc1ccc(NC2CCCC2)cn1. The Morgan fingerprint density at radius 1 is 1.38 bits per heavy atom. The number of pyridine rings is 1. The van der Waals surface area contributed by atoms with Crippen LogP contribution < -0.4 is 10.1 Å². The quantitative estimate of drug-likeness (QED) is 0.797. The van der Waals surface area contributed by atoms with Crippen LogP contribution in [-0.4, -0.2) is 29.3 Å². The van der Waals surface area contributed by atoms with Crippen molar-refractivity contribution < 1.29 is 9.84 Å². The van der Waals surface area contributed by atoms with E-state index >= 15 is 0 Å². The van der Waals surface area contributed by atoms with Crippen molar-refractivity contribution in [2.75, 3.05) is 18.5 Å². The predicted octanol–water partition coefficient (Wildman–Crippen LogP) is 1.81. The maximum Gasteiger partial charge on any atom is 0.213 e. The number of nitrogens with zero attached hydrogens (tertiary/aromatic N) is 1. The molecule has 1 fully saturated rings. The van der Waals surface area contributed by atoms with E-state index in [2.05, 4.69) is 10.3 Å². The van der Waals surface area contributed by atoms with Crippen LogP contribution in [0.2, 0.25) is 0 Å². The molecule has 0 aliphatic heterocycles. The van der Waals surface area contributed by atoms with Crippen LogP contribution in [0.25, 0.3) is 0 Å². The Hall–Kier alpha value is -1.29. The molecule has 4 heteroatoms. The Kier molecular flexibility index (Phi) is 3.99. The van der Waals surface area contributed by atoms with Crippen LogP contribution in [0.15, 0.2) is 18.3 Å². The molecule has 0 unspecified atom stereocenters. The highest BCUT2D eigenvalue weighted by Crippen LogP contribution is 2.22. The van der Waals surface area contributed by atoms with Crippen molar-refractivity contribution in [1.29, 1.82) is 0 Å². The zero-order chi connectivity index (χ0) is 11.2. The van der Waals surface area contributed by atoms with Gasteiger partial charge in [-0.2, -0.15) is 0 Å². The summed E-state index contributed by atoms with van der Waals surface area (Å²) in [5.74, 6) is 0.561. The zero-order valence-corrected chi connectivity index (χ0v) is 9.35. The van der Waals surface area contributed by atoms with Gasteiger partial charge in [-0.25, -0.2) is 4.98 Å². The number of rotatable bonds is 5.